The van der Waals surface area contributed by atoms with Gasteiger partial charge < -0.3 is 4.90 Å². The fourth-order valence-electron chi connectivity index (χ4n) is 3.25. The van der Waals surface area contributed by atoms with Gasteiger partial charge in [-0.2, -0.15) is 10.3 Å². The molecule has 1 aliphatic rings. The van der Waals surface area contributed by atoms with Gasteiger partial charge in [0.1, 0.15) is 0 Å². The minimum atomic E-state index is -0.0571. The van der Waals surface area contributed by atoms with Crippen LogP contribution in [0.5, 0.6) is 0 Å². The number of H-pyrrole nitrogens is 1. The Morgan fingerprint density at radius 2 is 2.16 bits per heavy atom. The molecule has 1 aliphatic heterocycles. The lowest BCUT2D eigenvalue weighted by Gasteiger charge is -2.22. The van der Waals surface area contributed by atoms with Crippen LogP contribution in [0.4, 0.5) is 0 Å². The van der Waals surface area contributed by atoms with Gasteiger partial charge in [0, 0.05) is 19.2 Å². The number of carbonyl (C=O) groups is 1. The number of hydrogen-bond donors (Lipinski definition) is 1. The first-order valence-electron chi connectivity index (χ1n) is 8.43. The van der Waals surface area contributed by atoms with E-state index in [1.807, 2.05) is 52.3 Å². The van der Waals surface area contributed by atoms with E-state index < -0.39 is 0 Å². The number of aromatic amines is 1. The lowest BCUT2D eigenvalue weighted by molar-refractivity contribution is -0.132. The van der Waals surface area contributed by atoms with Crippen molar-refractivity contribution in [2.45, 2.75) is 31.7 Å². The average molecular weight is 337 g/mol. The number of benzene rings is 1. The molecule has 1 atom stereocenters. The molecule has 0 radical (unpaired) electrons. The molecule has 1 aromatic carbocycles. The van der Waals surface area contributed by atoms with Gasteiger partial charge in [-0.3, -0.25) is 4.79 Å². The summed E-state index contributed by atoms with van der Waals surface area (Å²) in [5.41, 5.74) is 2.06. The van der Waals surface area contributed by atoms with E-state index in [4.69, 9.17) is 0 Å². The molecule has 0 spiro atoms. The SMILES string of the molecule is O=C(CCc1cnn(-c2ccccc2)c1)N1CCC[C@H]1c1nn[nH]n1. The summed E-state index contributed by atoms with van der Waals surface area (Å²) < 4.78 is 1.83. The third-order valence-electron chi connectivity index (χ3n) is 4.52. The Balaban J connectivity index is 1.38. The molecule has 0 aliphatic carbocycles. The maximum absolute atomic E-state index is 12.6. The van der Waals surface area contributed by atoms with Crippen molar-refractivity contribution < 1.29 is 4.79 Å². The first-order valence-corrected chi connectivity index (χ1v) is 8.43. The molecule has 3 aromatic rings. The van der Waals surface area contributed by atoms with Crippen LogP contribution in [-0.4, -0.2) is 47.8 Å². The number of hydrogen-bond acceptors (Lipinski definition) is 5. The quantitative estimate of drug-likeness (QED) is 0.765. The normalized spacial score (nSPS) is 17.1. The molecule has 128 valence electrons. The van der Waals surface area contributed by atoms with Crippen molar-refractivity contribution in [3.05, 3.63) is 54.1 Å². The lowest BCUT2D eigenvalue weighted by Crippen LogP contribution is -2.31. The Hall–Kier alpha value is -3.03. The smallest absolute Gasteiger partial charge is 0.223 e. The number of tetrazole rings is 1. The average Bonchev–Trinajstić information content (AvgIpc) is 3.41. The topological polar surface area (TPSA) is 92.6 Å². The summed E-state index contributed by atoms with van der Waals surface area (Å²) in [5, 5.41) is 18.5. The monoisotopic (exact) mass is 337 g/mol. The summed E-state index contributed by atoms with van der Waals surface area (Å²) >= 11 is 0. The van der Waals surface area contributed by atoms with E-state index in [0.717, 1.165) is 30.6 Å². The molecular weight excluding hydrogens is 318 g/mol. The van der Waals surface area contributed by atoms with E-state index in [9.17, 15) is 4.79 Å². The predicted molar refractivity (Wildman–Crippen MR) is 89.8 cm³/mol. The van der Waals surface area contributed by atoms with Gasteiger partial charge in [0.05, 0.1) is 17.9 Å². The van der Waals surface area contributed by atoms with E-state index in [-0.39, 0.29) is 11.9 Å². The number of rotatable bonds is 5. The minimum Gasteiger partial charge on any atom is -0.332 e. The first-order chi connectivity index (χ1) is 12.3. The van der Waals surface area contributed by atoms with Crippen LogP contribution < -0.4 is 0 Å². The van der Waals surface area contributed by atoms with Crippen LogP contribution in [-0.2, 0) is 11.2 Å². The molecule has 1 saturated heterocycles. The summed E-state index contributed by atoms with van der Waals surface area (Å²) in [7, 11) is 0. The molecule has 0 unspecified atom stereocenters. The highest BCUT2D eigenvalue weighted by Gasteiger charge is 2.32. The molecule has 1 amide bonds. The van der Waals surface area contributed by atoms with Gasteiger partial charge in [-0.1, -0.05) is 23.4 Å². The molecule has 1 fully saturated rings. The molecular formula is C17H19N7O. The third-order valence-corrected chi connectivity index (χ3v) is 4.52. The van der Waals surface area contributed by atoms with E-state index >= 15 is 0 Å². The number of aryl methyl sites for hydroxylation is 1. The number of aromatic nitrogens is 6. The Morgan fingerprint density at radius 1 is 1.28 bits per heavy atom. The van der Waals surface area contributed by atoms with Gasteiger partial charge in [0.15, 0.2) is 5.82 Å². The van der Waals surface area contributed by atoms with Gasteiger partial charge in [-0.15, -0.1) is 10.2 Å². The molecule has 4 rings (SSSR count). The first kappa shape index (κ1) is 15.5. The van der Waals surface area contributed by atoms with Crippen molar-refractivity contribution in [3.63, 3.8) is 0 Å². The van der Waals surface area contributed by atoms with Crippen LogP contribution in [0.3, 0.4) is 0 Å². The molecule has 8 heteroatoms. The Labute approximate surface area is 144 Å². The zero-order valence-electron chi connectivity index (χ0n) is 13.7. The van der Waals surface area contributed by atoms with Crippen molar-refractivity contribution in [1.82, 2.24) is 35.3 Å². The number of nitrogens with one attached hydrogen (secondary N) is 1. The molecule has 1 N–H and O–H groups in total. The zero-order valence-corrected chi connectivity index (χ0v) is 13.7. The second-order valence-corrected chi connectivity index (χ2v) is 6.14. The number of nitrogens with zero attached hydrogens (tertiary/aromatic N) is 6. The molecule has 25 heavy (non-hydrogen) atoms. The second kappa shape index (κ2) is 6.84. The highest BCUT2D eigenvalue weighted by atomic mass is 16.2. The van der Waals surface area contributed by atoms with Crippen molar-refractivity contribution in [3.8, 4) is 5.69 Å². The summed E-state index contributed by atoms with van der Waals surface area (Å²) in [5.74, 6) is 0.725. The fourth-order valence-corrected chi connectivity index (χ4v) is 3.25. The maximum atomic E-state index is 12.6. The number of para-hydroxylation sites is 1. The number of amides is 1. The molecule has 3 heterocycles. The molecule has 0 saturated carbocycles. The van der Waals surface area contributed by atoms with Crippen molar-refractivity contribution in [1.29, 1.82) is 0 Å². The Morgan fingerprint density at radius 3 is 2.96 bits per heavy atom. The highest BCUT2D eigenvalue weighted by molar-refractivity contribution is 5.77. The van der Waals surface area contributed by atoms with Crippen LogP contribution in [0.2, 0.25) is 0 Å². The predicted octanol–water partition coefficient (Wildman–Crippen LogP) is 1.68. The highest BCUT2D eigenvalue weighted by Crippen LogP contribution is 2.29. The summed E-state index contributed by atoms with van der Waals surface area (Å²) in [4.78, 5) is 14.5. The molecule has 2 aromatic heterocycles. The molecule has 0 bridgehead atoms. The van der Waals surface area contributed by atoms with Gasteiger partial charge in [-0.05, 0) is 37.0 Å². The Kier molecular flexibility index (Phi) is 4.24. The van der Waals surface area contributed by atoms with E-state index in [1.54, 1.807) is 0 Å². The summed E-state index contributed by atoms with van der Waals surface area (Å²) in [6.45, 7) is 0.751. The number of carbonyl (C=O) groups excluding carboxylic acids is 1. The number of likely N-dealkylation sites (tertiary alicyclic amines) is 1. The van der Waals surface area contributed by atoms with E-state index in [1.165, 1.54) is 0 Å². The van der Waals surface area contributed by atoms with Crippen LogP contribution in [0.15, 0.2) is 42.7 Å². The fraction of sp³-hybridized carbons (Fsp3) is 0.353. The van der Waals surface area contributed by atoms with Crippen LogP contribution in [0.25, 0.3) is 5.69 Å². The lowest BCUT2D eigenvalue weighted by atomic mass is 10.1. The second-order valence-electron chi connectivity index (χ2n) is 6.14. The van der Waals surface area contributed by atoms with E-state index in [0.29, 0.717) is 18.7 Å². The summed E-state index contributed by atoms with van der Waals surface area (Å²) in [6, 6.07) is 9.88. The van der Waals surface area contributed by atoms with E-state index in [2.05, 4.69) is 25.7 Å². The third kappa shape index (κ3) is 3.28. The van der Waals surface area contributed by atoms with Crippen molar-refractivity contribution in [2.24, 2.45) is 0 Å². The Bertz CT molecular complexity index is 828. The van der Waals surface area contributed by atoms with Gasteiger partial charge >= 0.3 is 0 Å². The molecule has 8 nitrogen and oxygen atoms in total. The van der Waals surface area contributed by atoms with Crippen molar-refractivity contribution >= 4 is 5.91 Å². The largest absolute Gasteiger partial charge is 0.332 e. The van der Waals surface area contributed by atoms with Gasteiger partial charge in [-0.25, -0.2) is 4.68 Å². The standard InChI is InChI=1S/C17H19N7O/c25-16(23-10-4-7-15(23)17-19-21-22-20-17)9-8-13-11-18-24(12-13)14-5-2-1-3-6-14/h1-3,5-6,11-12,15H,4,7-10H2,(H,19,20,21,22)/t15-/m0/s1. The van der Waals surface area contributed by atoms with Gasteiger partial charge in [0.2, 0.25) is 5.91 Å². The van der Waals surface area contributed by atoms with Gasteiger partial charge in [0.25, 0.3) is 0 Å². The zero-order chi connectivity index (χ0) is 17.1. The minimum absolute atomic E-state index is 0.0571. The maximum Gasteiger partial charge on any atom is 0.223 e. The van der Waals surface area contributed by atoms with Crippen LogP contribution in [0.1, 0.15) is 36.7 Å². The van der Waals surface area contributed by atoms with Crippen LogP contribution >= 0.6 is 0 Å². The van der Waals surface area contributed by atoms with Crippen LogP contribution in [0, 0.1) is 0 Å². The van der Waals surface area contributed by atoms with Crippen molar-refractivity contribution in [2.75, 3.05) is 6.54 Å². The summed E-state index contributed by atoms with van der Waals surface area (Å²) in [6.07, 6.45) is 6.77.